The molecule has 0 spiro atoms. The highest BCUT2D eigenvalue weighted by Crippen LogP contribution is 2.48. The predicted molar refractivity (Wildman–Crippen MR) is 94.1 cm³/mol. The van der Waals surface area contributed by atoms with E-state index in [1.165, 1.54) is 6.42 Å². The normalized spacial score (nSPS) is 28.3. The first-order valence-electron chi connectivity index (χ1n) is 7.96. The zero-order chi connectivity index (χ0) is 15.7. The van der Waals surface area contributed by atoms with Crippen molar-refractivity contribution in [3.63, 3.8) is 0 Å². The van der Waals surface area contributed by atoms with Crippen molar-refractivity contribution in [2.75, 3.05) is 20.2 Å². The Morgan fingerprint density at radius 1 is 1.35 bits per heavy atom. The number of hydrogen-bond donors (Lipinski definition) is 1. The molecule has 1 aromatic rings. The molecule has 0 heterocycles. The van der Waals surface area contributed by atoms with Gasteiger partial charge in [0.15, 0.2) is 0 Å². The molecule has 0 radical (unpaired) electrons. The van der Waals surface area contributed by atoms with Crippen LogP contribution in [0.15, 0.2) is 24.3 Å². The Bertz CT molecular complexity index is 553. The first kappa shape index (κ1) is 18.4. The summed E-state index contributed by atoms with van der Waals surface area (Å²) in [4.78, 5) is 14.4. The third-order valence-corrected chi connectivity index (χ3v) is 5.48. The number of carbonyl (C=O) groups excluding carboxylic acids is 1. The number of hydrogen-bond acceptors (Lipinski definition) is 3. The van der Waals surface area contributed by atoms with Gasteiger partial charge >= 0.3 is 0 Å². The number of halogens is 2. The van der Waals surface area contributed by atoms with Crippen LogP contribution in [0.5, 0.6) is 5.75 Å². The second-order valence-electron chi connectivity index (χ2n) is 6.48. The SMILES string of the molecule is CN(CCOc1ccccc1Cl)C(=O)C1C2CCC(C2)C1N.Cl. The number of carbonyl (C=O) groups is 1. The summed E-state index contributed by atoms with van der Waals surface area (Å²) in [6, 6.07) is 7.40. The number of para-hydroxylation sites is 1. The molecule has 1 amide bonds. The topological polar surface area (TPSA) is 55.6 Å². The third kappa shape index (κ3) is 3.76. The molecule has 2 saturated carbocycles. The lowest BCUT2D eigenvalue weighted by molar-refractivity contribution is -0.136. The van der Waals surface area contributed by atoms with Gasteiger partial charge in [-0.25, -0.2) is 0 Å². The molecule has 4 nitrogen and oxygen atoms in total. The van der Waals surface area contributed by atoms with Crippen LogP contribution in [0, 0.1) is 17.8 Å². The minimum Gasteiger partial charge on any atom is -0.490 e. The van der Waals surface area contributed by atoms with E-state index in [9.17, 15) is 4.79 Å². The van der Waals surface area contributed by atoms with Crippen molar-refractivity contribution in [2.24, 2.45) is 23.5 Å². The number of fused-ring (bicyclic) bond motifs is 2. The van der Waals surface area contributed by atoms with Crippen molar-refractivity contribution in [2.45, 2.75) is 25.3 Å². The molecule has 6 heteroatoms. The van der Waals surface area contributed by atoms with Crippen molar-refractivity contribution >= 4 is 29.9 Å². The average molecular weight is 359 g/mol. The van der Waals surface area contributed by atoms with Crippen molar-refractivity contribution < 1.29 is 9.53 Å². The second-order valence-corrected chi connectivity index (χ2v) is 6.88. The fourth-order valence-electron chi connectivity index (χ4n) is 3.92. The smallest absolute Gasteiger partial charge is 0.227 e. The molecule has 4 unspecified atom stereocenters. The summed E-state index contributed by atoms with van der Waals surface area (Å²) in [5, 5.41) is 0.589. The highest BCUT2D eigenvalue weighted by atomic mass is 35.5. The van der Waals surface area contributed by atoms with Gasteiger partial charge in [0.25, 0.3) is 0 Å². The van der Waals surface area contributed by atoms with Crippen LogP contribution in [-0.2, 0) is 4.79 Å². The van der Waals surface area contributed by atoms with Crippen molar-refractivity contribution in [1.82, 2.24) is 4.90 Å². The van der Waals surface area contributed by atoms with Gasteiger partial charge in [0.1, 0.15) is 12.4 Å². The lowest BCUT2D eigenvalue weighted by atomic mass is 9.84. The maximum atomic E-state index is 12.6. The quantitative estimate of drug-likeness (QED) is 0.879. The molecule has 2 bridgehead atoms. The maximum absolute atomic E-state index is 12.6. The summed E-state index contributed by atoms with van der Waals surface area (Å²) in [6.45, 7) is 0.979. The molecule has 2 N–H and O–H groups in total. The molecule has 2 fully saturated rings. The van der Waals surface area contributed by atoms with Gasteiger partial charge in [0.2, 0.25) is 5.91 Å². The number of nitrogens with two attached hydrogens (primary N) is 1. The molecular weight excluding hydrogens is 335 g/mol. The van der Waals surface area contributed by atoms with Crippen LogP contribution in [0.3, 0.4) is 0 Å². The molecule has 0 saturated heterocycles. The first-order valence-corrected chi connectivity index (χ1v) is 8.33. The maximum Gasteiger partial charge on any atom is 0.227 e. The van der Waals surface area contributed by atoms with E-state index in [0.717, 1.165) is 12.8 Å². The molecule has 128 valence electrons. The Balaban J connectivity index is 0.00000192. The van der Waals surface area contributed by atoms with Crippen LogP contribution in [0.4, 0.5) is 0 Å². The summed E-state index contributed by atoms with van der Waals surface area (Å²) < 4.78 is 5.65. The van der Waals surface area contributed by atoms with Crippen molar-refractivity contribution in [1.29, 1.82) is 0 Å². The summed E-state index contributed by atoms with van der Waals surface area (Å²) in [5.74, 6) is 1.86. The molecule has 4 atom stereocenters. The lowest BCUT2D eigenvalue weighted by Gasteiger charge is -2.30. The highest BCUT2D eigenvalue weighted by molar-refractivity contribution is 6.32. The minimum atomic E-state index is 0. The number of benzene rings is 1. The number of amides is 1. The molecule has 3 rings (SSSR count). The van der Waals surface area contributed by atoms with E-state index in [2.05, 4.69) is 0 Å². The summed E-state index contributed by atoms with van der Waals surface area (Å²) >= 11 is 6.05. The largest absolute Gasteiger partial charge is 0.490 e. The van der Waals surface area contributed by atoms with E-state index in [1.807, 2.05) is 25.2 Å². The average Bonchev–Trinajstić information content (AvgIpc) is 3.09. The molecule has 2 aliphatic carbocycles. The number of nitrogens with zero attached hydrogens (tertiary/aromatic N) is 1. The zero-order valence-electron chi connectivity index (χ0n) is 13.3. The van der Waals surface area contributed by atoms with Crippen molar-refractivity contribution in [3.8, 4) is 5.75 Å². The fraction of sp³-hybridized carbons (Fsp3) is 0.588. The van der Waals surface area contributed by atoms with Gasteiger partial charge < -0.3 is 15.4 Å². The number of ether oxygens (including phenoxy) is 1. The Morgan fingerprint density at radius 2 is 2.04 bits per heavy atom. The van der Waals surface area contributed by atoms with Gasteiger partial charge in [0, 0.05) is 13.1 Å². The Kier molecular flexibility index (Phi) is 6.18. The lowest BCUT2D eigenvalue weighted by Crippen LogP contribution is -2.46. The predicted octanol–water partition coefficient (Wildman–Crippen LogP) is 2.97. The third-order valence-electron chi connectivity index (χ3n) is 5.16. The molecule has 2 aliphatic rings. The minimum absolute atomic E-state index is 0. The summed E-state index contributed by atoms with van der Waals surface area (Å²) in [5.41, 5.74) is 6.25. The van der Waals surface area contributed by atoms with Gasteiger partial charge in [0.05, 0.1) is 17.5 Å². The molecule has 0 aromatic heterocycles. The summed E-state index contributed by atoms with van der Waals surface area (Å²) in [7, 11) is 1.83. The Morgan fingerprint density at radius 3 is 2.70 bits per heavy atom. The molecular formula is C17H24Cl2N2O2. The number of likely N-dealkylation sites (N-methyl/N-ethyl adjacent to an activating group) is 1. The molecule has 23 heavy (non-hydrogen) atoms. The summed E-state index contributed by atoms with van der Waals surface area (Å²) in [6.07, 6.45) is 3.47. The van der Waals surface area contributed by atoms with Crippen LogP contribution >= 0.6 is 24.0 Å². The van der Waals surface area contributed by atoms with Crippen molar-refractivity contribution in [3.05, 3.63) is 29.3 Å². The van der Waals surface area contributed by atoms with Crippen LogP contribution in [0.1, 0.15) is 19.3 Å². The van der Waals surface area contributed by atoms with Crippen LogP contribution in [-0.4, -0.2) is 37.0 Å². The fourth-order valence-corrected chi connectivity index (χ4v) is 4.11. The van der Waals surface area contributed by atoms with E-state index in [1.54, 1.807) is 11.0 Å². The van der Waals surface area contributed by atoms with Gasteiger partial charge in [-0.15, -0.1) is 12.4 Å². The van der Waals surface area contributed by atoms with Gasteiger partial charge in [-0.05, 0) is 43.2 Å². The highest BCUT2D eigenvalue weighted by Gasteiger charge is 2.49. The molecule has 1 aromatic carbocycles. The van der Waals surface area contributed by atoms with Crippen LogP contribution in [0.25, 0.3) is 0 Å². The molecule has 0 aliphatic heterocycles. The first-order chi connectivity index (χ1) is 10.6. The standard InChI is InChI=1S/C17H23ClN2O2.ClH/c1-20(8-9-22-14-5-3-2-4-13(14)18)17(21)15-11-6-7-12(10-11)16(15)19;/h2-5,11-12,15-16H,6-10,19H2,1H3;1H. The second kappa shape index (κ2) is 7.73. The monoisotopic (exact) mass is 358 g/mol. The van der Waals surface area contributed by atoms with E-state index in [4.69, 9.17) is 22.1 Å². The zero-order valence-corrected chi connectivity index (χ0v) is 14.9. The van der Waals surface area contributed by atoms with E-state index >= 15 is 0 Å². The van der Waals surface area contributed by atoms with Gasteiger partial charge in [-0.2, -0.15) is 0 Å². The van der Waals surface area contributed by atoms with Gasteiger partial charge in [-0.3, -0.25) is 4.79 Å². The van der Waals surface area contributed by atoms with Gasteiger partial charge in [-0.1, -0.05) is 23.7 Å². The van der Waals surface area contributed by atoms with Crippen LogP contribution < -0.4 is 10.5 Å². The van der Waals surface area contributed by atoms with E-state index in [0.29, 0.717) is 35.8 Å². The van der Waals surface area contributed by atoms with E-state index < -0.39 is 0 Å². The Labute approximate surface area is 148 Å². The van der Waals surface area contributed by atoms with E-state index in [-0.39, 0.29) is 30.3 Å². The Hall–Kier alpha value is -0.970. The van der Waals surface area contributed by atoms with Crippen LogP contribution in [0.2, 0.25) is 5.02 Å². The number of rotatable bonds is 5.